The lowest BCUT2D eigenvalue weighted by Crippen LogP contribution is -2.44. The van der Waals surface area contributed by atoms with Gasteiger partial charge in [0, 0.05) is 23.8 Å². The fourth-order valence-corrected chi connectivity index (χ4v) is 4.12. The summed E-state index contributed by atoms with van der Waals surface area (Å²) >= 11 is 1.57. The van der Waals surface area contributed by atoms with Gasteiger partial charge in [0.2, 0.25) is 5.91 Å². The van der Waals surface area contributed by atoms with Crippen molar-refractivity contribution in [3.05, 3.63) is 16.1 Å². The first-order chi connectivity index (χ1) is 9.31. The van der Waals surface area contributed by atoms with Crippen LogP contribution in [-0.2, 0) is 20.2 Å². The fourth-order valence-electron chi connectivity index (χ4n) is 2.55. The number of carbonyl (C=O) groups is 1. The highest BCUT2D eigenvalue weighted by molar-refractivity contribution is 7.90. The van der Waals surface area contributed by atoms with Crippen molar-refractivity contribution in [3.63, 3.8) is 0 Å². The van der Waals surface area contributed by atoms with Gasteiger partial charge in [-0.15, -0.1) is 11.3 Å². The number of sulfone groups is 1. The molecule has 1 heterocycles. The Morgan fingerprint density at radius 2 is 2.10 bits per heavy atom. The van der Waals surface area contributed by atoms with E-state index < -0.39 is 9.84 Å². The monoisotopic (exact) mass is 316 g/mol. The molecule has 1 aliphatic carbocycles. The second-order valence-corrected chi connectivity index (χ2v) is 8.63. The normalized spacial score (nSPS) is 18.1. The summed E-state index contributed by atoms with van der Waals surface area (Å²) in [6.45, 7) is 1.94. The van der Waals surface area contributed by atoms with Crippen LogP contribution in [0.25, 0.3) is 0 Å². The zero-order valence-corrected chi connectivity index (χ0v) is 13.4. The lowest BCUT2D eigenvalue weighted by atomic mass is 9.98. The molecule has 0 radical (unpaired) electrons. The average Bonchev–Trinajstić information content (AvgIpc) is 2.96. The maximum absolute atomic E-state index is 12.0. The number of carbonyl (C=O) groups excluding carboxylic acids is 1. The Morgan fingerprint density at radius 1 is 1.45 bits per heavy atom. The van der Waals surface area contributed by atoms with E-state index in [0.717, 1.165) is 42.6 Å². The number of hydrogen-bond donors (Lipinski definition) is 1. The van der Waals surface area contributed by atoms with Crippen molar-refractivity contribution in [2.24, 2.45) is 0 Å². The highest BCUT2D eigenvalue weighted by Crippen LogP contribution is 2.40. The van der Waals surface area contributed by atoms with E-state index in [-0.39, 0.29) is 23.6 Å². The largest absolute Gasteiger partial charge is 0.344 e. The van der Waals surface area contributed by atoms with Crippen molar-refractivity contribution in [3.8, 4) is 0 Å². The van der Waals surface area contributed by atoms with Crippen LogP contribution in [0.5, 0.6) is 0 Å². The van der Waals surface area contributed by atoms with Gasteiger partial charge in [-0.3, -0.25) is 4.79 Å². The Hall–Kier alpha value is -0.950. The van der Waals surface area contributed by atoms with E-state index in [2.05, 4.69) is 10.3 Å². The molecule has 5 nitrogen and oxygen atoms in total. The molecule has 2 rings (SSSR count). The summed E-state index contributed by atoms with van der Waals surface area (Å²) in [4.78, 5) is 16.5. The Bertz CT molecular complexity index is 587. The van der Waals surface area contributed by atoms with E-state index in [4.69, 9.17) is 0 Å². The number of amides is 1. The minimum Gasteiger partial charge on any atom is -0.344 e. The topological polar surface area (TPSA) is 76.1 Å². The van der Waals surface area contributed by atoms with Gasteiger partial charge < -0.3 is 5.32 Å². The fraction of sp³-hybridized carbons (Fsp3) is 0.692. The zero-order valence-electron chi connectivity index (χ0n) is 11.8. The van der Waals surface area contributed by atoms with Crippen molar-refractivity contribution >= 4 is 27.1 Å². The SMILES string of the molecule is Cc1csc(C2(NC(=O)CCS(C)(=O)=O)CCCC2)n1. The minimum absolute atomic E-state index is 0.0188. The van der Waals surface area contributed by atoms with Gasteiger partial charge in [0.1, 0.15) is 14.8 Å². The van der Waals surface area contributed by atoms with Crippen LogP contribution in [0.1, 0.15) is 42.8 Å². The number of nitrogens with one attached hydrogen (secondary N) is 1. The number of thiazole rings is 1. The van der Waals surface area contributed by atoms with Crippen LogP contribution >= 0.6 is 11.3 Å². The van der Waals surface area contributed by atoms with E-state index >= 15 is 0 Å². The molecule has 0 aliphatic heterocycles. The number of aromatic nitrogens is 1. The van der Waals surface area contributed by atoms with Gasteiger partial charge in [0.05, 0.1) is 11.3 Å². The highest BCUT2D eigenvalue weighted by Gasteiger charge is 2.39. The first-order valence-corrected chi connectivity index (χ1v) is 9.66. The zero-order chi connectivity index (χ0) is 14.8. The summed E-state index contributed by atoms with van der Waals surface area (Å²) in [5.41, 5.74) is 0.578. The third-order valence-electron chi connectivity index (χ3n) is 3.56. The molecule has 0 unspecified atom stereocenters. The van der Waals surface area contributed by atoms with Gasteiger partial charge >= 0.3 is 0 Å². The number of hydrogen-bond acceptors (Lipinski definition) is 5. The molecule has 0 saturated heterocycles. The maximum atomic E-state index is 12.0. The number of rotatable bonds is 5. The van der Waals surface area contributed by atoms with Gasteiger partial charge in [0.15, 0.2) is 0 Å². The van der Waals surface area contributed by atoms with E-state index in [9.17, 15) is 13.2 Å². The van der Waals surface area contributed by atoms with Crippen molar-refractivity contribution in [1.29, 1.82) is 0 Å². The quantitative estimate of drug-likeness (QED) is 0.898. The van der Waals surface area contributed by atoms with E-state index in [1.165, 1.54) is 0 Å². The lowest BCUT2D eigenvalue weighted by molar-refractivity contribution is -0.122. The van der Waals surface area contributed by atoms with Crippen LogP contribution in [0.2, 0.25) is 0 Å². The summed E-state index contributed by atoms with van der Waals surface area (Å²) < 4.78 is 22.3. The van der Waals surface area contributed by atoms with Gasteiger partial charge in [-0.2, -0.15) is 0 Å². The first-order valence-electron chi connectivity index (χ1n) is 6.72. The van der Waals surface area contributed by atoms with Crippen molar-refractivity contribution in [1.82, 2.24) is 10.3 Å². The summed E-state index contributed by atoms with van der Waals surface area (Å²) in [5.74, 6) is -0.309. The first kappa shape index (κ1) is 15.4. The molecule has 1 amide bonds. The predicted molar refractivity (Wildman–Crippen MR) is 79.5 cm³/mol. The summed E-state index contributed by atoms with van der Waals surface area (Å²) in [6, 6.07) is 0. The van der Waals surface area contributed by atoms with E-state index in [1.807, 2.05) is 12.3 Å². The second kappa shape index (κ2) is 5.81. The predicted octanol–water partition coefficient (Wildman–Crippen LogP) is 1.77. The molecule has 0 bridgehead atoms. The Balaban J connectivity index is 2.08. The van der Waals surface area contributed by atoms with Crippen LogP contribution in [0, 0.1) is 6.92 Å². The van der Waals surface area contributed by atoms with Gasteiger partial charge in [0.25, 0.3) is 0 Å². The van der Waals surface area contributed by atoms with Crippen LogP contribution in [0.4, 0.5) is 0 Å². The molecule has 112 valence electrons. The van der Waals surface area contributed by atoms with Crippen molar-refractivity contribution < 1.29 is 13.2 Å². The maximum Gasteiger partial charge on any atom is 0.221 e. The molecule has 1 fully saturated rings. The number of nitrogens with zero attached hydrogens (tertiary/aromatic N) is 1. The third-order valence-corrected chi connectivity index (χ3v) is 5.67. The molecule has 0 aromatic carbocycles. The summed E-state index contributed by atoms with van der Waals surface area (Å²) in [5, 5.41) is 5.97. The molecular formula is C13H20N2O3S2. The molecule has 1 saturated carbocycles. The lowest BCUT2D eigenvalue weighted by Gasteiger charge is -2.28. The van der Waals surface area contributed by atoms with E-state index in [1.54, 1.807) is 11.3 Å². The minimum atomic E-state index is -3.11. The molecule has 0 spiro atoms. The summed E-state index contributed by atoms with van der Waals surface area (Å²) in [7, 11) is -3.11. The van der Waals surface area contributed by atoms with Crippen molar-refractivity contribution in [2.75, 3.05) is 12.0 Å². The Kier molecular flexibility index (Phi) is 4.49. The summed E-state index contributed by atoms with van der Waals surface area (Å²) in [6.07, 6.45) is 5.05. The van der Waals surface area contributed by atoms with Crippen LogP contribution < -0.4 is 5.32 Å². The molecule has 1 aromatic rings. The van der Waals surface area contributed by atoms with Crippen LogP contribution in [-0.4, -0.2) is 31.3 Å². The molecule has 20 heavy (non-hydrogen) atoms. The Morgan fingerprint density at radius 3 is 2.60 bits per heavy atom. The highest BCUT2D eigenvalue weighted by atomic mass is 32.2. The second-order valence-electron chi connectivity index (χ2n) is 5.51. The van der Waals surface area contributed by atoms with Gasteiger partial charge in [-0.1, -0.05) is 12.8 Å². The molecule has 1 aliphatic rings. The van der Waals surface area contributed by atoms with Crippen molar-refractivity contribution in [2.45, 2.75) is 44.6 Å². The smallest absolute Gasteiger partial charge is 0.221 e. The number of aryl methyl sites for hydroxylation is 1. The molecule has 1 aromatic heterocycles. The van der Waals surface area contributed by atoms with Gasteiger partial charge in [-0.25, -0.2) is 13.4 Å². The average molecular weight is 316 g/mol. The molecule has 7 heteroatoms. The molecule has 1 N–H and O–H groups in total. The molecular weight excluding hydrogens is 296 g/mol. The van der Waals surface area contributed by atoms with Crippen LogP contribution in [0.3, 0.4) is 0 Å². The van der Waals surface area contributed by atoms with Gasteiger partial charge in [-0.05, 0) is 19.8 Å². The standard InChI is InChI=1S/C13H20N2O3S2/c1-10-9-19-12(14-10)13(6-3-4-7-13)15-11(16)5-8-20(2,17)18/h9H,3-8H2,1-2H3,(H,15,16). The third kappa shape index (κ3) is 3.79. The van der Waals surface area contributed by atoms with Crippen LogP contribution in [0.15, 0.2) is 5.38 Å². The Labute approximate surface area is 123 Å². The van der Waals surface area contributed by atoms with E-state index in [0.29, 0.717) is 0 Å². The molecule has 0 atom stereocenters.